The molecular formula is C38H31NO. The van der Waals surface area contributed by atoms with Gasteiger partial charge in [0.2, 0.25) is 0 Å². The average Bonchev–Trinajstić information content (AvgIpc) is 3.38. The van der Waals surface area contributed by atoms with Gasteiger partial charge in [-0.1, -0.05) is 110 Å². The van der Waals surface area contributed by atoms with Crippen LogP contribution in [-0.4, -0.2) is 5.71 Å². The molecule has 0 aliphatic rings. The van der Waals surface area contributed by atoms with Crippen molar-refractivity contribution in [3.63, 3.8) is 0 Å². The Balaban J connectivity index is 1.53. The molecule has 0 atom stereocenters. The number of nitrogens with zero attached hydrogens (tertiary/aromatic N) is 1. The Bertz CT molecular complexity index is 1860. The van der Waals surface area contributed by atoms with E-state index in [4.69, 9.17) is 9.41 Å². The van der Waals surface area contributed by atoms with Gasteiger partial charge < -0.3 is 4.42 Å². The van der Waals surface area contributed by atoms with Crippen LogP contribution in [0.5, 0.6) is 0 Å². The van der Waals surface area contributed by atoms with Crippen LogP contribution in [0.15, 0.2) is 149 Å². The normalized spacial score (nSPS) is 12.0. The van der Waals surface area contributed by atoms with E-state index in [1.54, 1.807) is 6.08 Å². The summed E-state index contributed by atoms with van der Waals surface area (Å²) < 4.78 is 6.63. The number of hydrogen-bond acceptors (Lipinski definition) is 2. The maximum absolute atomic E-state index is 6.63. The first-order valence-corrected chi connectivity index (χ1v) is 13.7. The molecule has 0 amide bonds. The molecule has 0 bridgehead atoms. The summed E-state index contributed by atoms with van der Waals surface area (Å²) in [5, 5.41) is 2.20. The number of fused-ring (bicyclic) bond motifs is 3. The molecule has 1 aromatic heterocycles. The highest BCUT2D eigenvalue weighted by Gasteiger charge is 2.18. The Morgan fingerprint density at radius 1 is 0.725 bits per heavy atom. The van der Waals surface area contributed by atoms with Crippen LogP contribution in [0.1, 0.15) is 18.1 Å². The van der Waals surface area contributed by atoms with Crippen molar-refractivity contribution in [2.45, 2.75) is 19.8 Å². The molecule has 2 heteroatoms. The molecule has 0 radical (unpaired) electrons. The molecule has 1 heterocycles. The monoisotopic (exact) mass is 517 g/mol. The number of furan rings is 1. The third-order valence-corrected chi connectivity index (χ3v) is 7.31. The van der Waals surface area contributed by atoms with Crippen LogP contribution in [0.4, 0.5) is 5.69 Å². The molecule has 0 saturated carbocycles. The lowest BCUT2D eigenvalue weighted by atomic mass is 9.88. The van der Waals surface area contributed by atoms with E-state index in [-0.39, 0.29) is 0 Å². The zero-order valence-corrected chi connectivity index (χ0v) is 22.7. The Labute approximate surface area is 235 Å². The summed E-state index contributed by atoms with van der Waals surface area (Å²) in [6.45, 7) is 5.74. The molecule has 0 N–H and O–H groups in total. The van der Waals surface area contributed by atoms with Gasteiger partial charge in [-0.3, -0.25) is 4.99 Å². The molecule has 194 valence electrons. The van der Waals surface area contributed by atoms with Gasteiger partial charge in [0.1, 0.15) is 11.2 Å². The van der Waals surface area contributed by atoms with Crippen LogP contribution < -0.4 is 0 Å². The molecule has 0 unspecified atom stereocenters. The minimum absolute atomic E-state index is 0.871. The molecule has 0 fully saturated rings. The zero-order chi connectivity index (χ0) is 27.3. The van der Waals surface area contributed by atoms with E-state index < -0.39 is 0 Å². The fraction of sp³-hybridized carbons (Fsp3) is 0.0789. The molecule has 0 aliphatic heterocycles. The minimum Gasteiger partial charge on any atom is -0.456 e. The number of aliphatic imine (C=N–C) groups is 1. The maximum atomic E-state index is 6.63. The van der Waals surface area contributed by atoms with Crippen molar-refractivity contribution >= 4 is 33.3 Å². The van der Waals surface area contributed by atoms with Crippen molar-refractivity contribution < 1.29 is 4.42 Å². The van der Waals surface area contributed by atoms with Gasteiger partial charge in [0.25, 0.3) is 0 Å². The third kappa shape index (κ3) is 5.17. The van der Waals surface area contributed by atoms with E-state index in [1.165, 1.54) is 33.4 Å². The van der Waals surface area contributed by atoms with Crippen molar-refractivity contribution in [2.24, 2.45) is 4.99 Å². The number of benzene rings is 5. The number of hydrogen-bond donors (Lipinski definition) is 0. The summed E-state index contributed by atoms with van der Waals surface area (Å²) in [7, 11) is 0. The topological polar surface area (TPSA) is 25.5 Å². The van der Waals surface area contributed by atoms with E-state index in [1.807, 2.05) is 31.2 Å². The maximum Gasteiger partial charge on any atom is 0.139 e. The quantitative estimate of drug-likeness (QED) is 0.146. The molecular weight excluding hydrogens is 486 g/mol. The smallest absolute Gasteiger partial charge is 0.139 e. The first-order valence-electron chi connectivity index (χ1n) is 13.7. The van der Waals surface area contributed by atoms with Crippen LogP contribution in [0, 0.1) is 0 Å². The predicted molar refractivity (Wildman–Crippen MR) is 171 cm³/mol. The molecule has 5 aromatic carbocycles. The third-order valence-electron chi connectivity index (χ3n) is 7.31. The van der Waals surface area contributed by atoms with Gasteiger partial charge in [-0.25, -0.2) is 0 Å². The fourth-order valence-corrected chi connectivity index (χ4v) is 5.40. The minimum atomic E-state index is 0.871. The summed E-state index contributed by atoms with van der Waals surface area (Å²) in [6, 6.07) is 40.6. The van der Waals surface area contributed by atoms with E-state index in [9.17, 15) is 0 Å². The molecule has 6 aromatic rings. The van der Waals surface area contributed by atoms with Crippen LogP contribution in [-0.2, 0) is 12.8 Å². The predicted octanol–water partition coefficient (Wildman–Crippen LogP) is 10.5. The Hall–Kier alpha value is -4.95. The van der Waals surface area contributed by atoms with Crippen molar-refractivity contribution in [1.29, 1.82) is 0 Å². The number of allylic oxidation sites excluding steroid dienone is 3. The van der Waals surface area contributed by atoms with Crippen LogP contribution in [0.2, 0.25) is 0 Å². The second-order valence-electron chi connectivity index (χ2n) is 10.00. The summed E-state index contributed by atoms with van der Waals surface area (Å²) in [4.78, 5) is 4.78. The molecule has 6 rings (SSSR count). The van der Waals surface area contributed by atoms with Crippen LogP contribution in [0.25, 0.3) is 44.2 Å². The van der Waals surface area contributed by atoms with Gasteiger partial charge in [0.15, 0.2) is 0 Å². The SMILES string of the molecule is C=C/C=C\C(C)=Nc1ccc2oc3c(CCc4ccccc4)c(-c4ccccc4-c4ccccc4)ccc3c2c1. The molecule has 0 saturated heterocycles. The van der Waals surface area contributed by atoms with Gasteiger partial charge in [0.05, 0.1) is 5.69 Å². The zero-order valence-electron chi connectivity index (χ0n) is 22.7. The first kappa shape index (κ1) is 25.3. The number of rotatable bonds is 8. The molecule has 2 nitrogen and oxygen atoms in total. The molecule has 0 aliphatic carbocycles. The van der Waals surface area contributed by atoms with Crippen molar-refractivity contribution in [3.8, 4) is 22.3 Å². The first-order chi connectivity index (χ1) is 19.7. The summed E-state index contributed by atoms with van der Waals surface area (Å²) in [5.74, 6) is 0. The second-order valence-corrected chi connectivity index (χ2v) is 10.00. The standard InChI is InChI=1S/C38H31NO/c1-3-4-13-27(2)39-30-21-25-37-36(26-30)35-24-23-33(32-19-12-11-18-31(32)29-16-9-6-10-17-29)34(38(35)40-37)22-20-28-14-7-5-8-15-28/h3-19,21,23-26H,1,20,22H2,2H3/b13-4-,39-27?. The van der Waals surface area contributed by atoms with E-state index in [2.05, 4.69) is 110 Å². The van der Waals surface area contributed by atoms with Crippen LogP contribution in [0.3, 0.4) is 0 Å². The Morgan fingerprint density at radius 3 is 2.23 bits per heavy atom. The van der Waals surface area contributed by atoms with Gasteiger partial charge in [-0.2, -0.15) is 0 Å². The Kier molecular flexibility index (Phi) is 7.24. The van der Waals surface area contributed by atoms with Gasteiger partial charge >= 0.3 is 0 Å². The summed E-state index contributed by atoms with van der Waals surface area (Å²) in [6.07, 6.45) is 7.43. The van der Waals surface area contributed by atoms with Crippen LogP contribution >= 0.6 is 0 Å². The second kappa shape index (κ2) is 11.4. The van der Waals surface area contributed by atoms with Gasteiger partial charge in [-0.05, 0) is 77.9 Å². The van der Waals surface area contributed by atoms with E-state index >= 15 is 0 Å². The highest BCUT2D eigenvalue weighted by Crippen LogP contribution is 2.41. The van der Waals surface area contributed by atoms with E-state index in [0.29, 0.717) is 0 Å². The average molecular weight is 518 g/mol. The lowest BCUT2D eigenvalue weighted by Crippen LogP contribution is -1.96. The fourth-order valence-electron chi connectivity index (χ4n) is 5.40. The van der Waals surface area contributed by atoms with E-state index in [0.717, 1.165) is 46.2 Å². The molecule has 0 spiro atoms. The lowest BCUT2D eigenvalue weighted by molar-refractivity contribution is 0.662. The van der Waals surface area contributed by atoms with Gasteiger partial charge in [0, 0.05) is 22.0 Å². The summed E-state index contributed by atoms with van der Waals surface area (Å²) >= 11 is 0. The number of aryl methyl sites for hydroxylation is 2. The highest BCUT2D eigenvalue weighted by molar-refractivity contribution is 6.09. The Morgan fingerprint density at radius 2 is 1.45 bits per heavy atom. The highest BCUT2D eigenvalue weighted by atomic mass is 16.3. The van der Waals surface area contributed by atoms with Crippen molar-refractivity contribution in [2.75, 3.05) is 0 Å². The van der Waals surface area contributed by atoms with Crippen molar-refractivity contribution in [1.82, 2.24) is 0 Å². The summed E-state index contributed by atoms with van der Waals surface area (Å²) in [5.41, 5.74) is 11.1. The lowest BCUT2D eigenvalue weighted by Gasteiger charge is -2.15. The van der Waals surface area contributed by atoms with Gasteiger partial charge in [-0.15, -0.1) is 0 Å². The molecule has 40 heavy (non-hydrogen) atoms. The largest absolute Gasteiger partial charge is 0.456 e. The van der Waals surface area contributed by atoms with Crippen molar-refractivity contribution in [3.05, 3.63) is 151 Å².